The quantitative estimate of drug-likeness (QED) is 0.104. The molecule has 2 saturated heterocycles. The Bertz CT molecular complexity index is 1880. The molecule has 2 aromatic carbocycles. The van der Waals surface area contributed by atoms with Crippen LogP contribution >= 0.6 is 0 Å². The predicted molar refractivity (Wildman–Crippen MR) is 271 cm³/mol. The van der Waals surface area contributed by atoms with Crippen molar-refractivity contribution < 1.29 is 55.7 Å². The summed E-state index contributed by atoms with van der Waals surface area (Å²) in [5.41, 5.74) is 0.725. The van der Waals surface area contributed by atoms with E-state index in [1.165, 1.54) is 7.11 Å². The number of hydrogen-bond acceptors (Lipinski definition) is 12. The summed E-state index contributed by atoms with van der Waals surface area (Å²) in [6.45, 7) is 44.6. The summed E-state index contributed by atoms with van der Waals surface area (Å²) >= 11 is 0. The molecule has 0 N–H and O–H groups in total. The summed E-state index contributed by atoms with van der Waals surface area (Å²) in [5.74, 6) is -1.13. The van der Waals surface area contributed by atoms with Crippen LogP contribution in [0.1, 0.15) is 104 Å². The molecule has 2 fully saturated rings. The molecular weight excluding hydrogens is 905 g/mol. The van der Waals surface area contributed by atoms with Crippen molar-refractivity contribution >= 4 is 45.2 Å². The molecule has 0 unspecified atom stereocenters. The molecule has 12 nitrogen and oxygen atoms in total. The summed E-state index contributed by atoms with van der Waals surface area (Å²) < 4.78 is 68.7. The molecule has 2 aliphatic rings. The molecule has 4 rings (SSSR count). The van der Waals surface area contributed by atoms with Crippen molar-refractivity contribution in [1.82, 2.24) is 0 Å². The molecule has 374 valence electrons. The number of hydrogen-bond donors (Lipinski definition) is 0. The van der Waals surface area contributed by atoms with Crippen molar-refractivity contribution in [2.75, 3.05) is 20.3 Å². The largest absolute Gasteiger partial charge is 0.459 e. The van der Waals surface area contributed by atoms with Gasteiger partial charge in [0, 0.05) is 7.11 Å². The molecule has 0 aliphatic carbocycles. The van der Waals surface area contributed by atoms with Crippen molar-refractivity contribution in [2.45, 2.75) is 211 Å². The van der Waals surface area contributed by atoms with Gasteiger partial charge in [0.1, 0.15) is 37.1 Å². The first-order chi connectivity index (χ1) is 30.0. The Morgan fingerprint density at radius 3 is 1.47 bits per heavy atom. The molecule has 2 heterocycles. The van der Waals surface area contributed by atoms with Crippen LogP contribution in [0.4, 0.5) is 0 Å². The third-order valence-electron chi connectivity index (χ3n) is 15.1. The summed E-state index contributed by atoms with van der Waals surface area (Å²) in [7, 11) is -8.55. The highest BCUT2D eigenvalue weighted by Gasteiger charge is 2.60. The van der Waals surface area contributed by atoms with E-state index in [0.717, 1.165) is 0 Å². The van der Waals surface area contributed by atoms with Crippen LogP contribution in [-0.4, -0.2) is 121 Å². The van der Waals surface area contributed by atoms with Crippen molar-refractivity contribution in [3.8, 4) is 0 Å². The minimum Gasteiger partial charge on any atom is -0.459 e. The van der Waals surface area contributed by atoms with Crippen LogP contribution in [0.3, 0.4) is 0 Å². The van der Waals surface area contributed by atoms with Crippen molar-refractivity contribution in [3.05, 3.63) is 71.8 Å². The van der Waals surface area contributed by atoms with Gasteiger partial charge in [-0.05, 0) is 96.8 Å². The van der Waals surface area contributed by atoms with E-state index in [9.17, 15) is 9.59 Å². The first-order valence-corrected chi connectivity index (χ1v) is 35.3. The Balaban J connectivity index is 1.93. The summed E-state index contributed by atoms with van der Waals surface area (Å²) in [4.78, 5) is 27.3. The van der Waals surface area contributed by atoms with E-state index >= 15 is 0 Å². The molecule has 0 bridgehead atoms. The van der Waals surface area contributed by atoms with Crippen LogP contribution < -0.4 is 0 Å². The van der Waals surface area contributed by atoms with E-state index in [2.05, 4.69) is 135 Å². The first kappa shape index (κ1) is 56.5. The lowest BCUT2D eigenvalue weighted by Crippen LogP contribution is -2.58. The van der Waals surface area contributed by atoms with Gasteiger partial charge in [-0.15, -0.1) is 0 Å². The van der Waals surface area contributed by atoms with E-state index in [1.807, 2.05) is 12.1 Å². The van der Waals surface area contributed by atoms with E-state index in [1.54, 1.807) is 48.5 Å². The van der Waals surface area contributed by atoms with E-state index in [-0.39, 0.29) is 33.4 Å². The molecule has 0 radical (unpaired) electrons. The molecule has 0 saturated carbocycles. The molecule has 2 aromatic rings. The topological polar surface area (TPSA) is 126 Å². The fraction of sp³-hybridized carbons (Fsp3) is 0.720. The summed E-state index contributed by atoms with van der Waals surface area (Å²) in [6, 6.07) is 17.5. The molecule has 66 heavy (non-hydrogen) atoms. The predicted octanol–water partition coefficient (Wildman–Crippen LogP) is 11.7. The Labute approximate surface area is 402 Å². The van der Waals surface area contributed by atoms with Gasteiger partial charge in [0.25, 0.3) is 0 Å². The third kappa shape index (κ3) is 13.6. The summed E-state index contributed by atoms with van der Waals surface area (Å²) in [6.07, 6.45) is -8.01. The minimum absolute atomic E-state index is 0.0622. The van der Waals surface area contributed by atoms with Gasteiger partial charge in [0.15, 0.2) is 52.0 Å². The number of methoxy groups -OCH3 is 1. The highest BCUT2D eigenvalue weighted by molar-refractivity contribution is 6.75. The number of carbonyl (C=O) groups excluding carboxylic acids is 2. The van der Waals surface area contributed by atoms with E-state index < -0.39 is 101 Å². The van der Waals surface area contributed by atoms with Crippen molar-refractivity contribution in [2.24, 2.45) is 0 Å². The minimum atomic E-state index is -2.63. The van der Waals surface area contributed by atoms with Crippen LogP contribution in [-0.2, 0) is 46.1 Å². The van der Waals surface area contributed by atoms with Crippen LogP contribution in [0.15, 0.2) is 60.7 Å². The lowest BCUT2D eigenvalue weighted by molar-refractivity contribution is -0.218. The highest BCUT2D eigenvalue weighted by atomic mass is 28.4. The average Bonchev–Trinajstić information content (AvgIpc) is 3.69. The van der Waals surface area contributed by atoms with Gasteiger partial charge in [-0.25, -0.2) is 9.59 Å². The smallest absolute Gasteiger partial charge is 0.338 e. The van der Waals surface area contributed by atoms with Crippen LogP contribution in [0, 0.1) is 0 Å². The van der Waals surface area contributed by atoms with Gasteiger partial charge in [-0.2, -0.15) is 0 Å². The fourth-order valence-electron chi connectivity index (χ4n) is 6.65. The summed E-state index contributed by atoms with van der Waals surface area (Å²) in [5, 5.41) is -0.590. The SMILES string of the molecule is CO[C@@H]1O[C@@H](COC(=O)c2ccccc2)[C@H](O[C@@H]2O[C@@H]([C@@H](CO[Si](C)(C)C(C)(C)C)O[Si](C)(C)C(C)(C)C)[C@H](O[Si](C)(C)C(C)(C)C)[C@H]2O[Si](C)(C)C(C)(C)C)[C@H]1OC(=O)c1ccccc1. The maximum Gasteiger partial charge on any atom is 0.338 e. The molecule has 2 aliphatic heterocycles. The monoisotopic (exact) mass is 991 g/mol. The molecule has 9 atom stereocenters. The Morgan fingerprint density at radius 2 is 1.02 bits per heavy atom. The van der Waals surface area contributed by atoms with Crippen LogP contribution in [0.2, 0.25) is 72.5 Å². The Morgan fingerprint density at radius 1 is 0.561 bits per heavy atom. The zero-order valence-corrected chi connectivity index (χ0v) is 48.3. The zero-order valence-electron chi connectivity index (χ0n) is 44.3. The highest BCUT2D eigenvalue weighted by Crippen LogP contribution is 2.47. The molecule has 0 amide bonds. The van der Waals surface area contributed by atoms with Gasteiger partial charge in [0.05, 0.1) is 23.8 Å². The van der Waals surface area contributed by atoms with Gasteiger partial charge < -0.3 is 46.1 Å². The molecular formula is C50H86O12Si4. The third-order valence-corrected chi connectivity index (χ3v) is 33.1. The zero-order chi connectivity index (χ0) is 50.1. The van der Waals surface area contributed by atoms with Gasteiger partial charge in [0.2, 0.25) is 0 Å². The number of ether oxygens (including phenoxy) is 6. The molecule has 0 aromatic heterocycles. The fourth-order valence-corrected chi connectivity index (χ4v) is 11.6. The average molecular weight is 992 g/mol. The Hall–Kier alpha value is -2.07. The maximum absolute atomic E-state index is 13.9. The van der Waals surface area contributed by atoms with Gasteiger partial charge >= 0.3 is 11.9 Å². The standard InChI is InChI=1S/C50H86O12Si4/c1-47(2,3)63(14,15)55-33-37(60-64(16,17)48(4,5)6)39-40(61-65(18,19)49(7,8)9)42(62-66(20,21)50(10,11)12)46(59-39)58-38-36(32-54-43(51)34-28-24-22-25-29-34)56-45(53-13)41(38)57-44(52)35-30-26-23-27-31-35/h22-31,36-42,45-46H,32-33H2,1-21H3/t36-,37+,38-,39-,40-,41+,42+,45+,46+/m0/s1. The number of carbonyl (C=O) groups is 2. The number of esters is 2. The number of rotatable bonds is 18. The Kier molecular flexibility index (Phi) is 18.1. The van der Waals surface area contributed by atoms with Gasteiger partial charge in [-0.1, -0.05) is 119 Å². The lowest BCUT2D eigenvalue weighted by Gasteiger charge is -2.46. The second-order valence-electron chi connectivity index (χ2n) is 24.2. The first-order valence-electron chi connectivity index (χ1n) is 23.7. The lowest BCUT2D eigenvalue weighted by atomic mass is 10.1. The molecule has 16 heteroatoms. The van der Waals surface area contributed by atoms with E-state index in [0.29, 0.717) is 11.1 Å². The molecule has 0 spiro atoms. The van der Waals surface area contributed by atoms with Crippen LogP contribution in [0.5, 0.6) is 0 Å². The van der Waals surface area contributed by atoms with Gasteiger partial charge in [-0.3, -0.25) is 0 Å². The second-order valence-corrected chi connectivity index (χ2v) is 43.3. The maximum atomic E-state index is 13.9. The second kappa shape index (κ2) is 21.1. The van der Waals surface area contributed by atoms with Crippen molar-refractivity contribution in [1.29, 1.82) is 0 Å². The van der Waals surface area contributed by atoms with Crippen molar-refractivity contribution in [3.63, 3.8) is 0 Å². The van der Waals surface area contributed by atoms with Crippen LogP contribution in [0.25, 0.3) is 0 Å². The number of benzene rings is 2. The normalized spacial score (nSPS) is 25.5. The van der Waals surface area contributed by atoms with E-state index in [4.69, 9.17) is 46.1 Å².